The zero-order chi connectivity index (χ0) is 19.8. The minimum absolute atomic E-state index is 0.193. The third kappa shape index (κ3) is 5.23. The Hall–Kier alpha value is -2.60. The highest BCUT2D eigenvalue weighted by Crippen LogP contribution is 2.34. The molecule has 2 amide bonds. The van der Waals surface area contributed by atoms with Gasteiger partial charge in [0, 0.05) is 31.7 Å². The van der Waals surface area contributed by atoms with Gasteiger partial charge in [-0.2, -0.15) is 0 Å². The number of halogens is 1. The molecule has 0 aliphatic carbocycles. The van der Waals surface area contributed by atoms with Crippen LogP contribution < -0.4 is 15.4 Å². The maximum absolute atomic E-state index is 13.3. The fourth-order valence-corrected chi connectivity index (χ4v) is 3.56. The molecule has 2 aromatic carbocycles. The Morgan fingerprint density at radius 2 is 1.75 bits per heavy atom. The molecule has 1 heterocycles. The lowest BCUT2D eigenvalue weighted by Crippen LogP contribution is -2.47. The number of urea groups is 1. The number of amides is 2. The Morgan fingerprint density at radius 3 is 2.39 bits per heavy atom. The van der Waals surface area contributed by atoms with Gasteiger partial charge in [-0.1, -0.05) is 24.3 Å². The van der Waals surface area contributed by atoms with Gasteiger partial charge >= 0.3 is 6.03 Å². The van der Waals surface area contributed by atoms with E-state index < -0.39 is 0 Å². The molecule has 1 saturated heterocycles. The summed E-state index contributed by atoms with van der Waals surface area (Å²) in [7, 11) is 1.64. The summed E-state index contributed by atoms with van der Waals surface area (Å²) < 4.78 is 23.9. The first kappa shape index (κ1) is 20.1. The summed E-state index contributed by atoms with van der Waals surface area (Å²) >= 11 is 0. The van der Waals surface area contributed by atoms with E-state index in [0.717, 1.165) is 36.1 Å². The van der Waals surface area contributed by atoms with Crippen LogP contribution in [-0.2, 0) is 16.6 Å². The fourth-order valence-electron chi connectivity index (χ4n) is 3.56. The highest BCUT2D eigenvalue weighted by Gasteiger charge is 2.34. The molecule has 0 atom stereocenters. The van der Waals surface area contributed by atoms with Gasteiger partial charge in [0.1, 0.15) is 11.6 Å². The van der Waals surface area contributed by atoms with Crippen LogP contribution in [0.4, 0.5) is 9.18 Å². The first-order valence-electron chi connectivity index (χ1n) is 9.60. The van der Waals surface area contributed by atoms with Gasteiger partial charge in [0.15, 0.2) is 0 Å². The van der Waals surface area contributed by atoms with E-state index in [1.807, 2.05) is 36.4 Å². The Balaban J connectivity index is 1.51. The molecule has 0 bridgehead atoms. The van der Waals surface area contributed by atoms with E-state index in [2.05, 4.69) is 10.6 Å². The molecule has 0 aromatic heterocycles. The number of rotatable bonds is 7. The second-order valence-corrected chi connectivity index (χ2v) is 7.11. The molecule has 0 spiro atoms. The normalized spacial score (nSPS) is 15.6. The highest BCUT2D eigenvalue weighted by atomic mass is 19.1. The van der Waals surface area contributed by atoms with Crippen molar-refractivity contribution in [3.05, 3.63) is 65.5 Å². The molecule has 5 nitrogen and oxygen atoms in total. The van der Waals surface area contributed by atoms with Gasteiger partial charge in [0.05, 0.1) is 7.11 Å². The third-order valence-electron chi connectivity index (χ3n) is 5.35. The van der Waals surface area contributed by atoms with Crippen LogP contribution in [0.25, 0.3) is 0 Å². The molecule has 2 N–H and O–H groups in total. The number of carbonyl (C=O) groups is 1. The molecule has 3 rings (SSSR count). The van der Waals surface area contributed by atoms with Crippen LogP contribution in [0, 0.1) is 5.82 Å². The average Bonchev–Trinajstić information content (AvgIpc) is 2.74. The fraction of sp³-hybridized carbons (Fsp3) is 0.409. The van der Waals surface area contributed by atoms with Crippen LogP contribution in [0.15, 0.2) is 48.5 Å². The van der Waals surface area contributed by atoms with Crippen molar-refractivity contribution in [3.63, 3.8) is 0 Å². The second-order valence-electron chi connectivity index (χ2n) is 7.11. The standard InChI is InChI=1S/C22H27FN2O3/c1-27-20-8-2-17(3-9-20)10-13-24-21(26)25-16-22(11-14-28-15-12-22)18-4-6-19(23)7-5-18/h2-9H,10-16H2,1H3,(H2,24,25,26). The Bertz CT molecular complexity index is 756. The number of carbonyl (C=O) groups excluding carboxylic acids is 1. The molecular weight excluding hydrogens is 359 g/mol. The molecule has 1 aliphatic heterocycles. The molecule has 2 aromatic rings. The van der Waals surface area contributed by atoms with Gasteiger partial charge in [-0.25, -0.2) is 9.18 Å². The molecule has 0 unspecified atom stereocenters. The van der Waals surface area contributed by atoms with E-state index in [4.69, 9.17) is 9.47 Å². The van der Waals surface area contributed by atoms with E-state index in [0.29, 0.717) is 26.3 Å². The number of hydrogen-bond acceptors (Lipinski definition) is 3. The quantitative estimate of drug-likeness (QED) is 0.767. The highest BCUT2D eigenvalue weighted by molar-refractivity contribution is 5.74. The lowest BCUT2D eigenvalue weighted by molar-refractivity contribution is 0.0506. The smallest absolute Gasteiger partial charge is 0.314 e. The Labute approximate surface area is 165 Å². The van der Waals surface area contributed by atoms with Gasteiger partial charge in [-0.15, -0.1) is 0 Å². The first-order chi connectivity index (χ1) is 13.6. The number of benzene rings is 2. The van der Waals surface area contributed by atoms with E-state index in [-0.39, 0.29) is 17.3 Å². The van der Waals surface area contributed by atoms with Gasteiger partial charge in [-0.05, 0) is 54.7 Å². The predicted octanol–water partition coefficient (Wildman–Crippen LogP) is 3.42. The van der Waals surface area contributed by atoms with Crippen LogP contribution >= 0.6 is 0 Å². The Kier molecular flexibility index (Phi) is 6.87. The summed E-state index contributed by atoms with van der Waals surface area (Å²) in [6, 6.07) is 14.2. The van der Waals surface area contributed by atoms with Gasteiger partial charge in [0.2, 0.25) is 0 Å². The number of methoxy groups -OCH3 is 1. The number of hydrogen-bond donors (Lipinski definition) is 2. The summed E-state index contributed by atoms with van der Waals surface area (Å²) in [5.41, 5.74) is 1.95. The van der Waals surface area contributed by atoms with Gasteiger partial charge in [-0.3, -0.25) is 0 Å². The predicted molar refractivity (Wildman–Crippen MR) is 106 cm³/mol. The van der Waals surface area contributed by atoms with Crippen LogP contribution in [0.1, 0.15) is 24.0 Å². The maximum atomic E-state index is 13.3. The van der Waals surface area contributed by atoms with Crippen molar-refractivity contribution in [3.8, 4) is 5.75 Å². The van der Waals surface area contributed by atoms with Crippen molar-refractivity contribution in [2.75, 3.05) is 33.4 Å². The third-order valence-corrected chi connectivity index (χ3v) is 5.35. The first-order valence-corrected chi connectivity index (χ1v) is 9.60. The van der Waals surface area contributed by atoms with Crippen LogP contribution in [-0.4, -0.2) is 39.4 Å². The van der Waals surface area contributed by atoms with E-state index >= 15 is 0 Å². The monoisotopic (exact) mass is 386 g/mol. The van der Waals surface area contributed by atoms with Crippen molar-refractivity contribution >= 4 is 6.03 Å². The van der Waals surface area contributed by atoms with E-state index in [1.165, 1.54) is 12.1 Å². The van der Waals surface area contributed by atoms with Crippen LogP contribution in [0.2, 0.25) is 0 Å². The van der Waals surface area contributed by atoms with Crippen LogP contribution in [0.5, 0.6) is 5.75 Å². The van der Waals surface area contributed by atoms with Crippen molar-refractivity contribution in [2.24, 2.45) is 0 Å². The summed E-state index contributed by atoms with van der Waals surface area (Å²) in [5, 5.41) is 5.90. The summed E-state index contributed by atoms with van der Waals surface area (Å²) in [6.45, 7) is 2.32. The molecule has 0 radical (unpaired) electrons. The average molecular weight is 386 g/mol. The summed E-state index contributed by atoms with van der Waals surface area (Å²) in [4.78, 5) is 12.3. The van der Waals surface area contributed by atoms with Crippen molar-refractivity contribution in [1.82, 2.24) is 10.6 Å². The molecule has 28 heavy (non-hydrogen) atoms. The van der Waals surface area contributed by atoms with Crippen LogP contribution in [0.3, 0.4) is 0 Å². The molecule has 150 valence electrons. The number of nitrogens with one attached hydrogen (secondary N) is 2. The zero-order valence-corrected chi connectivity index (χ0v) is 16.2. The molecule has 1 fully saturated rings. The van der Waals surface area contributed by atoms with E-state index in [9.17, 15) is 9.18 Å². The lowest BCUT2D eigenvalue weighted by atomic mass is 9.74. The topological polar surface area (TPSA) is 59.6 Å². The molecular formula is C22H27FN2O3. The van der Waals surface area contributed by atoms with Crippen molar-refractivity contribution in [1.29, 1.82) is 0 Å². The van der Waals surface area contributed by atoms with Gasteiger partial charge in [0.25, 0.3) is 0 Å². The number of ether oxygens (including phenoxy) is 2. The molecule has 0 saturated carbocycles. The maximum Gasteiger partial charge on any atom is 0.314 e. The minimum atomic E-state index is -0.254. The van der Waals surface area contributed by atoms with Crippen molar-refractivity contribution in [2.45, 2.75) is 24.7 Å². The molecule has 1 aliphatic rings. The molecule has 6 heteroatoms. The van der Waals surface area contributed by atoms with Gasteiger partial charge < -0.3 is 20.1 Å². The Morgan fingerprint density at radius 1 is 1.07 bits per heavy atom. The zero-order valence-electron chi connectivity index (χ0n) is 16.2. The summed E-state index contributed by atoms with van der Waals surface area (Å²) in [5.74, 6) is 0.562. The SMILES string of the molecule is COc1ccc(CCNC(=O)NCC2(c3ccc(F)cc3)CCOCC2)cc1. The second kappa shape index (κ2) is 9.55. The van der Waals surface area contributed by atoms with Crippen molar-refractivity contribution < 1.29 is 18.7 Å². The van der Waals surface area contributed by atoms with E-state index in [1.54, 1.807) is 7.11 Å². The summed E-state index contributed by atoms with van der Waals surface area (Å²) in [6.07, 6.45) is 2.34. The largest absolute Gasteiger partial charge is 0.497 e. The minimum Gasteiger partial charge on any atom is -0.497 e. The lowest BCUT2D eigenvalue weighted by Gasteiger charge is -2.38.